The fourth-order valence-corrected chi connectivity index (χ4v) is 3.44. The number of benzene rings is 1. The predicted octanol–water partition coefficient (Wildman–Crippen LogP) is 3.14. The molecule has 0 aliphatic heterocycles. The maximum atomic E-state index is 14.8. The lowest BCUT2D eigenvalue weighted by Crippen LogP contribution is -2.27. The van der Waals surface area contributed by atoms with Crippen molar-refractivity contribution in [3.05, 3.63) is 63.4 Å². The first kappa shape index (κ1) is 23.5. The Morgan fingerprint density at radius 3 is 2.62 bits per heavy atom. The molecule has 0 amide bonds. The largest absolute Gasteiger partial charge is 0.487 e. The molecular formula is C20H20F3N3O5S. The standard InChI is InChI=1S/C20H20F3N3O5S/c1-11-14-5-4-13(30-10-20(2,22)23)9-16(14)31-19(27)15(11)8-12-6-7-25-18(17(12)21)26-32(28,29)24-3/h4-7,9,24H,8,10H2,1-3H3,(H,25,26). The molecule has 3 rings (SSSR count). The third kappa shape index (κ3) is 5.37. The van der Waals surface area contributed by atoms with E-state index in [1.807, 2.05) is 9.44 Å². The Hall–Kier alpha value is -3.12. The van der Waals surface area contributed by atoms with Crippen LogP contribution in [0.25, 0.3) is 11.0 Å². The summed E-state index contributed by atoms with van der Waals surface area (Å²) in [4.78, 5) is 16.2. The highest BCUT2D eigenvalue weighted by Gasteiger charge is 2.23. The minimum Gasteiger partial charge on any atom is -0.487 e. The Labute approximate surface area is 181 Å². The van der Waals surface area contributed by atoms with Gasteiger partial charge in [-0.2, -0.15) is 8.42 Å². The zero-order valence-corrected chi connectivity index (χ0v) is 18.1. The van der Waals surface area contributed by atoms with Crippen LogP contribution in [0.1, 0.15) is 23.6 Å². The molecule has 1 aromatic carbocycles. The minimum atomic E-state index is -3.99. The first-order valence-corrected chi connectivity index (χ1v) is 10.8. The number of alkyl halides is 2. The molecule has 0 saturated carbocycles. The molecule has 3 aromatic rings. The number of anilines is 1. The fourth-order valence-electron chi connectivity index (χ4n) is 2.94. The quantitative estimate of drug-likeness (QED) is 0.489. The molecule has 2 aromatic heterocycles. The number of rotatable bonds is 8. The van der Waals surface area contributed by atoms with E-state index in [2.05, 4.69) is 4.98 Å². The summed E-state index contributed by atoms with van der Waals surface area (Å²) in [6, 6.07) is 5.66. The van der Waals surface area contributed by atoms with Gasteiger partial charge in [-0.3, -0.25) is 4.72 Å². The van der Waals surface area contributed by atoms with Crippen LogP contribution in [0.15, 0.2) is 39.7 Å². The van der Waals surface area contributed by atoms with Gasteiger partial charge in [-0.05, 0) is 36.2 Å². The van der Waals surface area contributed by atoms with E-state index in [-0.39, 0.29) is 28.9 Å². The lowest BCUT2D eigenvalue weighted by Gasteiger charge is -2.13. The van der Waals surface area contributed by atoms with Gasteiger partial charge in [0, 0.05) is 43.6 Å². The summed E-state index contributed by atoms with van der Waals surface area (Å²) in [5.41, 5.74) is 0.0528. The van der Waals surface area contributed by atoms with Gasteiger partial charge in [-0.25, -0.2) is 27.7 Å². The number of aromatic nitrogens is 1. The molecule has 12 heteroatoms. The van der Waals surface area contributed by atoms with Crippen LogP contribution in [0.5, 0.6) is 5.75 Å². The Morgan fingerprint density at radius 1 is 1.25 bits per heavy atom. The van der Waals surface area contributed by atoms with Gasteiger partial charge in [0.05, 0.1) is 0 Å². The van der Waals surface area contributed by atoms with Gasteiger partial charge in [0.2, 0.25) is 0 Å². The topological polar surface area (TPSA) is 111 Å². The number of pyridine rings is 1. The van der Waals surface area contributed by atoms with E-state index in [1.54, 1.807) is 13.0 Å². The van der Waals surface area contributed by atoms with Crippen molar-refractivity contribution in [2.45, 2.75) is 26.2 Å². The van der Waals surface area contributed by atoms with Crippen molar-refractivity contribution in [1.82, 2.24) is 9.71 Å². The van der Waals surface area contributed by atoms with Crippen LogP contribution in [0.3, 0.4) is 0 Å². The van der Waals surface area contributed by atoms with Gasteiger partial charge in [0.1, 0.15) is 11.3 Å². The average Bonchev–Trinajstić information content (AvgIpc) is 2.71. The van der Waals surface area contributed by atoms with Crippen LogP contribution in [0.2, 0.25) is 0 Å². The van der Waals surface area contributed by atoms with Crippen LogP contribution >= 0.6 is 0 Å². The van der Waals surface area contributed by atoms with Crippen LogP contribution in [0, 0.1) is 12.7 Å². The maximum absolute atomic E-state index is 14.8. The molecule has 0 aliphatic rings. The highest BCUT2D eigenvalue weighted by molar-refractivity contribution is 7.90. The smallest absolute Gasteiger partial charge is 0.340 e. The van der Waals surface area contributed by atoms with Crippen LogP contribution < -0.4 is 19.8 Å². The van der Waals surface area contributed by atoms with E-state index in [0.717, 1.165) is 14.0 Å². The Balaban J connectivity index is 1.96. The zero-order chi connectivity index (χ0) is 23.7. The Kier molecular flexibility index (Phi) is 6.46. The first-order valence-electron chi connectivity index (χ1n) is 9.32. The summed E-state index contributed by atoms with van der Waals surface area (Å²) >= 11 is 0. The normalized spacial score (nSPS) is 12.2. The molecule has 2 heterocycles. The number of nitrogens with one attached hydrogen (secondary N) is 2. The van der Waals surface area contributed by atoms with E-state index in [0.29, 0.717) is 10.9 Å². The van der Waals surface area contributed by atoms with E-state index in [9.17, 15) is 26.4 Å². The summed E-state index contributed by atoms with van der Waals surface area (Å²) in [5.74, 6) is -4.37. The molecule has 0 radical (unpaired) electrons. The second-order valence-electron chi connectivity index (χ2n) is 7.13. The van der Waals surface area contributed by atoms with Crippen molar-refractivity contribution < 1.29 is 30.7 Å². The third-order valence-electron chi connectivity index (χ3n) is 4.59. The van der Waals surface area contributed by atoms with Crippen LogP contribution in [-0.2, 0) is 16.6 Å². The summed E-state index contributed by atoms with van der Waals surface area (Å²) in [6.45, 7) is 1.53. The van der Waals surface area contributed by atoms with Crippen molar-refractivity contribution in [3.63, 3.8) is 0 Å². The Bertz CT molecular complexity index is 1320. The first-order chi connectivity index (χ1) is 14.9. The third-order valence-corrected chi connectivity index (χ3v) is 5.59. The van der Waals surface area contributed by atoms with Gasteiger partial charge in [0.25, 0.3) is 16.1 Å². The molecule has 0 saturated heterocycles. The average molecular weight is 471 g/mol. The number of hydrogen-bond acceptors (Lipinski definition) is 6. The summed E-state index contributed by atoms with van der Waals surface area (Å²) in [6.07, 6.45) is 1.02. The molecule has 0 atom stereocenters. The molecule has 0 unspecified atom stereocenters. The molecule has 32 heavy (non-hydrogen) atoms. The van der Waals surface area contributed by atoms with Crippen molar-refractivity contribution in [2.24, 2.45) is 0 Å². The minimum absolute atomic E-state index is 0.0219. The lowest BCUT2D eigenvalue weighted by atomic mass is 10.00. The molecule has 0 fully saturated rings. The second kappa shape index (κ2) is 8.79. The highest BCUT2D eigenvalue weighted by atomic mass is 32.2. The molecule has 2 N–H and O–H groups in total. The molecule has 0 spiro atoms. The van der Waals surface area contributed by atoms with Crippen LogP contribution in [-0.4, -0.2) is 33.0 Å². The molecule has 0 aliphatic carbocycles. The highest BCUT2D eigenvalue weighted by Crippen LogP contribution is 2.27. The molecular weight excluding hydrogens is 451 g/mol. The number of ether oxygens (including phenoxy) is 1. The van der Waals surface area contributed by atoms with E-state index in [1.165, 1.54) is 24.4 Å². The number of aryl methyl sites for hydroxylation is 1. The second-order valence-corrected chi connectivity index (χ2v) is 8.75. The number of nitrogens with zero attached hydrogens (tertiary/aromatic N) is 1. The number of halogens is 3. The van der Waals surface area contributed by atoms with E-state index < -0.39 is 40.0 Å². The lowest BCUT2D eigenvalue weighted by molar-refractivity contribution is -0.0229. The van der Waals surface area contributed by atoms with Gasteiger partial charge in [-0.1, -0.05) is 0 Å². The summed E-state index contributed by atoms with van der Waals surface area (Å²) < 4.78 is 78.4. The number of hydrogen-bond donors (Lipinski definition) is 2. The zero-order valence-electron chi connectivity index (χ0n) is 17.3. The van der Waals surface area contributed by atoms with E-state index >= 15 is 0 Å². The summed E-state index contributed by atoms with van der Waals surface area (Å²) in [7, 11) is -2.84. The molecule has 8 nitrogen and oxygen atoms in total. The van der Waals surface area contributed by atoms with Gasteiger partial charge in [0.15, 0.2) is 18.2 Å². The van der Waals surface area contributed by atoms with Gasteiger partial charge < -0.3 is 9.15 Å². The van der Waals surface area contributed by atoms with Crippen molar-refractivity contribution in [1.29, 1.82) is 0 Å². The molecule has 172 valence electrons. The van der Waals surface area contributed by atoms with Crippen LogP contribution in [0.4, 0.5) is 19.0 Å². The monoisotopic (exact) mass is 471 g/mol. The van der Waals surface area contributed by atoms with Crippen molar-refractivity contribution in [3.8, 4) is 5.75 Å². The molecule has 0 bridgehead atoms. The maximum Gasteiger partial charge on any atom is 0.340 e. The predicted molar refractivity (Wildman–Crippen MR) is 112 cm³/mol. The van der Waals surface area contributed by atoms with Crippen molar-refractivity contribution >= 4 is 27.0 Å². The van der Waals surface area contributed by atoms with Crippen molar-refractivity contribution in [2.75, 3.05) is 18.4 Å². The van der Waals surface area contributed by atoms with E-state index in [4.69, 9.17) is 9.15 Å². The fraction of sp³-hybridized carbons (Fsp3) is 0.300. The number of fused-ring (bicyclic) bond motifs is 1. The van der Waals surface area contributed by atoms with Gasteiger partial charge >= 0.3 is 5.63 Å². The van der Waals surface area contributed by atoms with Gasteiger partial charge in [-0.15, -0.1) is 0 Å². The Morgan fingerprint density at radius 2 is 1.97 bits per heavy atom. The summed E-state index contributed by atoms with van der Waals surface area (Å²) in [5, 5.41) is 0.515. The SMILES string of the molecule is CNS(=O)(=O)Nc1nccc(Cc2c(C)c3ccc(OCC(C)(F)F)cc3oc2=O)c1F.